The third kappa shape index (κ3) is 4.93. The number of benzene rings is 1. The number of amides is 2. The number of anilines is 1. The van der Waals surface area contributed by atoms with Crippen LogP contribution in [0.3, 0.4) is 0 Å². The number of methoxy groups -OCH3 is 1. The van der Waals surface area contributed by atoms with Crippen LogP contribution >= 0.6 is 0 Å². The zero-order valence-electron chi connectivity index (χ0n) is 18.3. The van der Waals surface area contributed by atoms with Crippen molar-refractivity contribution < 1.29 is 19.1 Å². The second-order valence-electron chi connectivity index (χ2n) is 8.48. The van der Waals surface area contributed by atoms with Gasteiger partial charge >= 0.3 is 6.09 Å². The highest BCUT2D eigenvalue weighted by Crippen LogP contribution is 2.32. The molecule has 0 saturated carbocycles. The van der Waals surface area contributed by atoms with Crippen molar-refractivity contribution in [3.05, 3.63) is 53.7 Å². The number of hydrogen-bond acceptors (Lipinski definition) is 7. The van der Waals surface area contributed by atoms with E-state index >= 15 is 0 Å². The zero-order valence-corrected chi connectivity index (χ0v) is 18.3. The van der Waals surface area contributed by atoms with Crippen LogP contribution in [0.2, 0.25) is 0 Å². The van der Waals surface area contributed by atoms with Gasteiger partial charge in [-0.1, -0.05) is 30.3 Å². The average Bonchev–Trinajstić information content (AvgIpc) is 3.18. The van der Waals surface area contributed by atoms with Crippen molar-refractivity contribution in [2.45, 2.75) is 44.4 Å². The highest BCUT2D eigenvalue weighted by Gasteiger charge is 2.43. The number of nitrogens with zero attached hydrogens (tertiary/aromatic N) is 3. The molecule has 2 amide bonds. The Morgan fingerprint density at radius 2 is 1.84 bits per heavy atom. The van der Waals surface area contributed by atoms with E-state index in [1.807, 2.05) is 26.8 Å². The summed E-state index contributed by atoms with van der Waals surface area (Å²) in [4.78, 5) is 26.3. The predicted octanol–water partition coefficient (Wildman–Crippen LogP) is 2.27. The van der Waals surface area contributed by atoms with E-state index in [2.05, 4.69) is 15.5 Å². The Morgan fingerprint density at radius 3 is 2.39 bits per heavy atom. The molecule has 166 valence electrons. The second-order valence-corrected chi connectivity index (χ2v) is 8.48. The van der Waals surface area contributed by atoms with Gasteiger partial charge in [0.2, 0.25) is 5.60 Å². The lowest BCUT2D eigenvalue weighted by Crippen LogP contribution is -2.44. The third-order valence-corrected chi connectivity index (χ3v) is 5.05. The number of nitrogens with two attached hydrogens (primary N) is 1. The van der Waals surface area contributed by atoms with Gasteiger partial charge in [-0.05, 0) is 44.9 Å². The summed E-state index contributed by atoms with van der Waals surface area (Å²) in [5.74, 6) is -0.151. The molecule has 0 bridgehead atoms. The van der Waals surface area contributed by atoms with E-state index in [1.54, 1.807) is 41.3 Å². The van der Waals surface area contributed by atoms with E-state index in [9.17, 15) is 9.59 Å². The number of rotatable bonds is 6. The topological polar surface area (TPSA) is 120 Å². The fraction of sp³-hybridized carbons (Fsp3) is 0.455. The Kier molecular flexibility index (Phi) is 6.45. The number of ether oxygens (including phenoxy) is 2. The summed E-state index contributed by atoms with van der Waals surface area (Å²) in [5, 5.41) is 11.7. The zero-order chi connectivity index (χ0) is 22.6. The van der Waals surface area contributed by atoms with E-state index in [0.29, 0.717) is 30.2 Å². The largest absolute Gasteiger partial charge is 0.444 e. The Morgan fingerprint density at radius 1 is 1.13 bits per heavy atom. The van der Waals surface area contributed by atoms with E-state index < -0.39 is 17.1 Å². The Labute approximate surface area is 181 Å². The molecule has 2 heterocycles. The van der Waals surface area contributed by atoms with Gasteiger partial charge in [-0.2, -0.15) is 0 Å². The minimum absolute atomic E-state index is 0.0186. The van der Waals surface area contributed by atoms with Crippen molar-refractivity contribution in [2.24, 2.45) is 5.73 Å². The van der Waals surface area contributed by atoms with Crippen molar-refractivity contribution >= 4 is 17.8 Å². The summed E-state index contributed by atoms with van der Waals surface area (Å²) in [7, 11) is 1.41. The molecular weight excluding hydrogens is 398 g/mol. The van der Waals surface area contributed by atoms with Crippen LogP contribution in [0.25, 0.3) is 0 Å². The minimum atomic E-state index is -1.53. The highest BCUT2D eigenvalue weighted by atomic mass is 16.6. The molecule has 0 unspecified atom stereocenters. The van der Waals surface area contributed by atoms with E-state index in [4.69, 9.17) is 15.2 Å². The number of aromatic nitrogens is 2. The quantitative estimate of drug-likeness (QED) is 0.726. The van der Waals surface area contributed by atoms with E-state index in [0.717, 1.165) is 6.42 Å². The maximum atomic E-state index is 12.4. The summed E-state index contributed by atoms with van der Waals surface area (Å²) in [6.07, 6.45) is 0.433. The van der Waals surface area contributed by atoms with Gasteiger partial charge in [0.05, 0.1) is 0 Å². The number of nitrogens with one attached hydrogen (secondary N) is 1. The van der Waals surface area contributed by atoms with Crippen LogP contribution in [0.4, 0.5) is 10.6 Å². The molecule has 2 aromatic rings. The first-order valence-electron chi connectivity index (χ1n) is 10.1. The molecule has 1 fully saturated rings. The fourth-order valence-electron chi connectivity index (χ4n) is 3.59. The van der Waals surface area contributed by atoms with Crippen LogP contribution in [0.1, 0.15) is 38.4 Å². The van der Waals surface area contributed by atoms with Crippen molar-refractivity contribution in [3.63, 3.8) is 0 Å². The molecule has 2 atom stereocenters. The van der Waals surface area contributed by atoms with Gasteiger partial charge in [0, 0.05) is 26.2 Å². The molecule has 3 N–H and O–H groups in total. The van der Waals surface area contributed by atoms with E-state index in [-0.39, 0.29) is 12.1 Å². The number of carbonyl (C=O) groups is 2. The average molecular weight is 428 g/mol. The molecule has 1 aromatic heterocycles. The summed E-state index contributed by atoms with van der Waals surface area (Å²) in [6.45, 7) is 6.63. The number of likely N-dealkylation sites (tertiary alicyclic amines) is 1. The van der Waals surface area contributed by atoms with Crippen molar-refractivity contribution in [2.75, 3.05) is 25.5 Å². The lowest BCUT2D eigenvalue weighted by Gasteiger charge is -2.28. The lowest BCUT2D eigenvalue weighted by atomic mass is 9.89. The molecule has 0 radical (unpaired) electrons. The molecule has 3 rings (SSSR count). The van der Waals surface area contributed by atoms with Crippen LogP contribution < -0.4 is 11.1 Å². The van der Waals surface area contributed by atoms with Crippen LogP contribution in [-0.2, 0) is 19.9 Å². The number of hydrogen-bond donors (Lipinski definition) is 2. The monoisotopic (exact) mass is 427 g/mol. The van der Waals surface area contributed by atoms with Gasteiger partial charge < -0.3 is 25.4 Å². The summed E-state index contributed by atoms with van der Waals surface area (Å²) in [5.41, 5.74) is 4.51. The Hall–Kier alpha value is -3.20. The second kappa shape index (κ2) is 8.89. The lowest BCUT2D eigenvalue weighted by molar-refractivity contribution is -0.136. The first-order chi connectivity index (χ1) is 14.7. The molecule has 1 aromatic carbocycles. The van der Waals surface area contributed by atoms with Crippen LogP contribution in [0.5, 0.6) is 0 Å². The highest BCUT2D eigenvalue weighted by molar-refractivity contribution is 5.88. The van der Waals surface area contributed by atoms with Gasteiger partial charge in [0.1, 0.15) is 17.1 Å². The molecule has 9 nitrogen and oxygen atoms in total. The molecule has 31 heavy (non-hydrogen) atoms. The van der Waals surface area contributed by atoms with Crippen molar-refractivity contribution in [3.8, 4) is 0 Å². The standard InChI is InChI=1S/C22H29N5O4/c1-21(2,3)31-20(29)27-13-12-16(14-27)24-18-11-10-17(25-26-18)22(30-4,19(23)28)15-8-6-5-7-9-15/h5-11,16H,12-14H2,1-4H3,(H2,23,28)(H,24,26)/t16-,22-/m1/s1. The van der Waals surface area contributed by atoms with Crippen molar-refractivity contribution in [1.82, 2.24) is 15.1 Å². The van der Waals surface area contributed by atoms with Gasteiger partial charge in [-0.15, -0.1) is 10.2 Å². The smallest absolute Gasteiger partial charge is 0.410 e. The molecule has 1 aliphatic heterocycles. The molecular formula is C22H29N5O4. The van der Waals surface area contributed by atoms with Gasteiger partial charge in [-0.25, -0.2) is 4.79 Å². The van der Waals surface area contributed by atoms with E-state index in [1.165, 1.54) is 7.11 Å². The van der Waals surface area contributed by atoms with Crippen LogP contribution in [0.15, 0.2) is 42.5 Å². The molecule has 0 spiro atoms. The van der Waals surface area contributed by atoms with Gasteiger partial charge in [-0.3, -0.25) is 4.79 Å². The summed E-state index contributed by atoms with van der Waals surface area (Å²) in [6, 6.07) is 12.3. The Bertz CT molecular complexity index is 914. The summed E-state index contributed by atoms with van der Waals surface area (Å²) >= 11 is 0. The first kappa shape index (κ1) is 22.5. The fourth-order valence-corrected chi connectivity index (χ4v) is 3.59. The van der Waals surface area contributed by atoms with Gasteiger partial charge in [0.25, 0.3) is 5.91 Å². The van der Waals surface area contributed by atoms with Crippen molar-refractivity contribution in [1.29, 1.82) is 0 Å². The molecule has 1 saturated heterocycles. The van der Waals surface area contributed by atoms with Crippen LogP contribution in [0, 0.1) is 0 Å². The predicted molar refractivity (Wildman–Crippen MR) is 115 cm³/mol. The maximum absolute atomic E-state index is 12.4. The number of primary amides is 1. The number of carbonyl (C=O) groups excluding carboxylic acids is 2. The minimum Gasteiger partial charge on any atom is -0.444 e. The molecule has 0 aliphatic carbocycles. The summed E-state index contributed by atoms with van der Waals surface area (Å²) < 4.78 is 11.0. The van der Waals surface area contributed by atoms with Gasteiger partial charge in [0.15, 0.2) is 0 Å². The maximum Gasteiger partial charge on any atom is 0.410 e. The van der Waals surface area contributed by atoms with Crippen LogP contribution in [-0.4, -0.2) is 58.9 Å². The molecule has 9 heteroatoms. The Balaban J connectivity index is 1.72. The SMILES string of the molecule is CO[C@](C(N)=O)(c1ccccc1)c1ccc(N[C@@H]2CCN(C(=O)OC(C)(C)C)C2)nn1. The molecule has 1 aliphatic rings. The first-order valence-corrected chi connectivity index (χ1v) is 10.1. The third-order valence-electron chi connectivity index (χ3n) is 5.05. The normalized spacial score (nSPS) is 18.3.